The molecule has 1 aromatic carbocycles. The summed E-state index contributed by atoms with van der Waals surface area (Å²) in [7, 11) is 1.49. The van der Waals surface area contributed by atoms with Gasteiger partial charge < -0.3 is 15.0 Å². The molecule has 1 aliphatic heterocycles. The number of benzene rings is 1. The Morgan fingerprint density at radius 2 is 1.87 bits per heavy atom. The lowest BCUT2D eigenvalue weighted by molar-refractivity contribution is -0.121. The van der Waals surface area contributed by atoms with Crippen molar-refractivity contribution in [2.24, 2.45) is 0 Å². The van der Waals surface area contributed by atoms with E-state index in [-0.39, 0.29) is 24.5 Å². The number of nitrogens with zero attached hydrogens (tertiary/aromatic N) is 1. The number of ether oxygens (including phenoxy) is 1. The van der Waals surface area contributed by atoms with Crippen molar-refractivity contribution in [1.82, 2.24) is 15.7 Å². The summed E-state index contributed by atoms with van der Waals surface area (Å²) in [6.45, 7) is 6.63. The molecular weight excluding hydrogens is 429 g/mol. The molecule has 2 rings (SSSR count). The standard InChI is InChI=1S/C21H29Cl2N3O4/c1-21(2,3)30-20(28)26-11-9-15(10-12-26)24-19(27)8-7-18(25-29-4)14-5-6-16(22)17(23)13-14/h5-7,13,15,25H,8-12H2,1-4H3,(H,24,27). The average molecular weight is 458 g/mol. The molecule has 7 nitrogen and oxygen atoms in total. The zero-order valence-electron chi connectivity index (χ0n) is 17.8. The molecule has 0 bridgehead atoms. The minimum Gasteiger partial charge on any atom is -0.444 e. The van der Waals surface area contributed by atoms with E-state index >= 15 is 0 Å². The number of hydroxylamine groups is 1. The molecule has 2 amide bonds. The molecule has 0 atom stereocenters. The first kappa shape index (κ1) is 24.3. The Morgan fingerprint density at radius 3 is 2.43 bits per heavy atom. The number of halogens is 2. The van der Waals surface area contributed by atoms with Gasteiger partial charge in [-0.25, -0.2) is 4.79 Å². The monoisotopic (exact) mass is 457 g/mol. The van der Waals surface area contributed by atoms with E-state index in [0.29, 0.717) is 41.7 Å². The summed E-state index contributed by atoms with van der Waals surface area (Å²) in [5.41, 5.74) is 3.62. The number of piperidine rings is 1. The van der Waals surface area contributed by atoms with Crippen molar-refractivity contribution < 1.29 is 19.2 Å². The zero-order chi connectivity index (χ0) is 22.3. The molecular formula is C21H29Cl2N3O4. The summed E-state index contributed by atoms with van der Waals surface area (Å²) < 4.78 is 5.39. The number of amides is 2. The smallest absolute Gasteiger partial charge is 0.410 e. The molecule has 166 valence electrons. The van der Waals surface area contributed by atoms with Gasteiger partial charge in [0.25, 0.3) is 0 Å². The maximum Gasteiger partial charge on any atom is 0.410 e. The number of hydrogen-bond acceptors (Lipinski definition) is 5. The van der Waals surface area contributed by atoms with Gasteiger partial charge >= 0.3 is 6.09 Å². The van der Waals surface area contributed by atoms with Crippen LogP contribution in [0.2, 0.25) is 10.0 Å². The molecule has 1 heterocycles. The van der Waals surface area contributed by atoms with Crippen molar-refractivity contribution in [2.45, 2.75) is 51.7 Å². The van der Waals surface area contributed by atoms with Gasteiger partial charge in [0.05, 0.1) is 22.9 Å². The Bertz CT molecular complexity index is 785. The predicted molar refractivity (Wildman–Crippen MR) is 118 cm³/mol. The topological polar surface area (TPSA) is 79.9 Å². The van der Waals surface area contributed by atoms with Crippen LogP contribution in [-0.4, -0.2) is 48.7 Å². The van der Waals surface area contributed by atoms with Crippen LogP contribution in [0, 0.1) is 0 Å². The van der Waals surface area contributed by atoms with E-state index < -0.39 is 5.60 Å². The highest BCUT2D eigenvalue weighted by Crippen LogP contribution is 2.25. The summed E-state index contributed by atoms with van der Waals surface area (Å²) in [5.74, 6) is -0.110. The summed E-state index contributed by atoms with van der Waals surface area (Å²) in [6.07, 6.45) is 2.95. The average Bonchev–Trinajstić information content (AvgIpc) is 2.66. The molecule has 1 fully saturated rings. The Labute approximate surface area is 187 Å². The summed E-state index contributed by atoms with van der Waals surface area (Å²) >= 11 is 12.0. The van der Waals surface area contributed by atoms with Crippen LogP contribution < -0.4 is 10.8 Å². The van der Waals surface area contributed by atoms with Gasteiger partial charge in [-0.2, -0.15) is 0 Å². The fourth-order valence-electron chi connectivity index (χ4n) is 3.01. The van der Waals surface area contributed by atoms with Crippen molar-refractivity contribution in [3.63, 3.8) is 0 Å². The number of nitrogens with one attached hydrogen (secondary N) is 2. The van der Waals surface area contributed by atoms with Gasteiger partial charge in [-0.15, -0.1) is 0 Å². The van der Waals surface area contributed by atoms with Crippen LogP contribution in [0.1, 0.15) is 45.6 Å². The molecule has 0 aromatic heterocycles. The van der Waals surface area contributed by atoms with Crippen LogP contribution in [0.3, 0.4) is 0 Å². The van der Waals surface area contributed by atoms with Gasteiger partial charge in [0.2, 0.25) is 5.91 Å². The molecule has 1 saturated heterocycles. The number of carbonyl (C=O) groups is 2. The molecule has 0 radical (unpaired) electrons. The van der Waals surface area contributed by atoms with Crippen molar-refractivity contribution >= 4 is 40.9 Å². The van der Waals surface area contributed by atoms with Crippen LogP contribution in [0.15, 0.2) is 24.3 Å². The van der Waals surface area contributed by atoms with Crippen LogP contribution in [-0.2, 0) is 14.4 Å². The number of carbonyl (C=O) groups excluding carboxylic acids is 2. The molecule has 2 N–H and O–H groups in total. The molecule has 30 heavy (non-hydrogen) atoms. The lowest BCUT2D eigenvalue weighted by Gasteiger charge is -2.33. The summed E-state index contributed by atoms with van der Waals surface area (Å²) in [6, 6.07) is 5.19. The van der Waals surface area contributed by atoms with E-state index in [1.54, 1.807) is 29.2 Å². The molecule has 0 aliphatic carbocycles. The SMILES string of the molecule is CONC(=CCC(=O)NC1CCN(C(=O)OC(C)(C)C)CC1)c1ccc(Cl)c(Cl)c1. The molecule has 0 spiro atoms. The van der Waals surface area contributed by atoms with E-state index in [4.69, 9.17) is 32.8 Å². The third-order valence-electron chi connectivity index (χ3n) is 4.45. The first-order valence-corrected chi connectivity index (χ1v) is 10.6. The lowest BCUT2D eigenvalue weighted by Crippen LogP contribution is -2.47. The van der Waals surface area contributed by atoms with E-state index in [0.717, 1.165) is 5.56 Å². The summed E-state index contributed by atoms with van der Waals surface area (Å²) in [4.78, 5) is 31.2. The second kappa shape index (κ2) is 10.9. The second-order valence-corrected chi connectivity index (χ2v) is 8.88. The van der Waals surface area contributed by atoms with Gasteiger partial charge in [0.1, 0.15) is 5.60 Å². The fourth-order valence-corrected chi connectivity index (χ4v) is 3.30. The molecule has 0 unspecified atom stereocenters. The Kier molecular flexibility index (Phi) is 8.82. The Balaban J connectivity index is 1.87. The van der Waals surface area contributed by atoms with Gasteiger partial charge in [-0.05, 0) is 51.8 Å². The first-order chi connectivity index (χ1) is 14.1. The number of rotatable bonds is 6. The summed E-state index contributed by atoms with van der Waals surface area (Å²) in [5, 5.41) is 3.89. The van der Waals surface area contributed by atoms with Gasteiger partial charge in [0.15, 0.2) is 0 Å². The van der Waals surface area contributed by atoms with Crippen molar-refractivity contribution in [2.75, 3.05) is 20.2 Å². The Morgan fingerprint density at radius 1 is 1.20 bits per heavy atom. The van der Waals surface area contributed by atoms with E-state index in [1.165, 1.54) is 7.11 Å². The lowest BCUT2D eigenvalue weighted by atomic mass is 10.0. The molecule has 9 heteroatoms. The largest absolute Gasteiger partial charge is 0.444 e. The van der Waals surface area contributed by atoms with E-state index in [9.17, 15) is 9.59 Å². The molecule has 1 aromatic rings. The van der Waals surface area contributed by atoms with Crippen LogP contribution in [0.5, 0.6) is 0 Å². The van der Waals surface area contributed by atoms with Crippen molar-refractivity contribution in [3.8, 4) is 0 Å². The van der Waals surface area contributed by atoms with Gasteiger partial charge in [-0.3, -0.25) is 15.1 Å². The highest BCUT2D eigenvalue weighted by Gasteiger charge is 2.27. The van der Waals surface area contributed by atoms with Gasteiger partial charge in [-0.1, -0.05) is 29.3 Å². The minimum absolute atomic E-state index is 0.0217. The number of likely N-dealkylation sites (tertiary alicyclic amines) is 1. The normalized spacial score (nSPS) is 15.7. The van der Waals surface area contributed by atoms with E-state index in [2.05, 4.69) is 10.8 Å². The molecule has 0 saturated carbocycles. The molecule has 1 aliphatic rings. The van der Waals surface area contributed by atoms with Crippen molar-refractivity contribution in [3.05, 3.63) is 39.9 Å². The Hall–Kier alpha value is -1.96. The highest BCUT2D eigenvalue weighted by molar-refractivity contribution is 6.42. The first-order valence-electron chi connectivity index (χ1n) is 9.81. The highest BCUT2D eigenvalue weighted by atomic mass is 35.5. The predicted octanol–water partition coefficient (Wildman–Crippen LogP) is 4.39. The van der Waals surface area contributed by atoms with Crippen LogP contribution >= 0.6 is 23.2 Å². The van der Waals surface area contributed by atoms with Crippen LogP contribution in [0.4, 0.5) is 4.79 Å². The fraction of sp³-hybridized carbons (Fsp3) is 0.524. The maximum atomic E-state index is 12.4. The third-order valence-corrected chi connectivity index (χ3v) is 5.18. The second-order valence-electron chi connectivity index (χ2n) is 8.07. The minimum atomic E-state index is -0.517. The van der Waals surface area contributed by atoms with Gasteiger partial charge in [0, 0.05) is 31.1 Å². The number of hydrogen-bond donors (Lipinski definition) is 2. The van der Waals surface area contributed by atoms with Crippen LogP contribution in [0.25, 0.3) is 5.70 Å². The van der Waals surface area contributed by atoms with E-state index in [1.807, 2.05) is 20.8 Å². The quantitative estimate of drug-likeness (QED) is 0.619. The third kappa shape index (κ3) is 7.70. The maximum absolute atomic E-state index is 12.4. The zero-order valence-corrected chi connectivity index (χ0v) is 19.3. The van der Waals surface area contributed by atoms with Crippen molar-refractivity contribution in [1.29, 1.82) is 0 Å².